The van der Waals surface area contributed by atoms with Crippen LogP contribution in [0.3, 0.4) is 0 Å². The van der Waals surface area contributed by atoms with Crippen LogP contribution in [0, 0.1) is 13.8 Å². The first-order valence-electron chi connectivity index (χ1n) is 8.06. The molecule has 0 heterocycles. The first kappa shape index (κ1) is 18.7. The lowest BCUT2D eigenvalue weighted by Crippen LogP contribution is -2.14. The number of halogens is 2. The van der Waals surface area contributed by atoms with Gasteiger partial charge in [0.25, 0.3) is 0 Å². The zero-order chi connectivity index (χ0) is 18.4. The molecule has 0 amide bonds. The highest BCUT2D eigenvalue weighted by Gasteiger charge is 2.07. The summed E-state index contributed by atoms with van der Waals surface area (Å²) >= 11 is 0. The van der Waals surface area contributed by atoms with Gasteiger partial charge in [0.05, 0.1) is 12.0 Å². The summed E-state index contributed by atoms with van der Waals surface area (Å²) < 4.78 is 29.1. The van der Waals surface area contributed by atoms with Crippen LogP contribution in [0.2, 0.25) is 0 Å². The van der Waals surface area contributed by atoms with Gasteiger partial charge in [-0.1, -0.05) is 6.07 Å². The molecule has 2 aromatic rings. The monoisotopic (exact) mass is 347 g/mol. The normalized spacial score (nSPS) is 11.2. The van der Waals surface area contributed by atoms with Crippen LogP contribution in [0.15, 0.2) is 41.4 Å². The predicted octanol–water partition coefficient (Wildman–Crippen LogP) is 5.26. The minimum atomic E-state index is -2.84. The Kier molecular flexibility index (Phi) is 6.33. The Morgan fingerprint density at radius 2 is 1.96 bits per heavy atom. The van der Waals surface area contributed by atoms with Crippen molar-refractivity contribution >= 4 is 23.4 Å². The highest BCUT2D eigenvalue weighted by Crippen LogP contribution is 2.30. The Hall–Kier alpha value is -2.63. The maximum absolute atomic E-state index is 12.3. The fourth-order valence-electron chi connectivity index (χ4n) is 2.22. The molecule has 0 fully saturated rings. The molecule has 0 aliphatic rings. The van der Waals surface area contributed by atoms with Crippen LogP contribution < -0.4 is 10.1 Å². The van der Waals surface area contributed by atoms with E-state index in [-0.39, 0.29) is 5.75 Å². The predicted molar refractivity (Wildman–Crippen MR) is 98.7 cm³/mol. The van der Waals surface area contributed by atoms with E-state index < -0.39 is 6.61 Å². The van der Waals surface area contributed by atoms with E-state index in [0.29, 0.717) is 5.69 Å². The van der Waals surface area contributed by atoms with Crippen molar-refractivity contribution in [3.8, 4) is 5.75 Å². The van der Waals surface area contributed by atoms with E-state index in [4.69, 9.17) is 0 Å². The molecule has 0 aliphatic carbocycles. The molecule has 0 bridgehead atoms. The molecule has 4 nitrogen and oxygen atoms in total. The van der Waals surface area contributed by atoms with Gasteiger partial charge in [0.2, 0.25) is 0 Å². The van der Waals surface area contributed by atoms with Crippen LogP contribution in [0.25, 0.3) is 0 Å². The quantitative estimate of drug-likeness (QED) is 0.548. The molecule has 0 saturated heterocycles. The van der Waals surface area contributed by atoms with Crippen molar-refractivity contribution in [3.05, 3.63) is 47.5 Å². The van der Waals surface area contributed by atoms with Gasteiger partial charge in [0.15, 0.2) is 0 Å². The standard InChI is InChI=1S/C19H23F2N3O/c1-5-24(4)12-22-17-9-14(3)18(10-13(17)2)23-15-7-6-8-16(11-15)25-19(20)21/h6-12,19,23H,5H2,1-4H3. The van der Waals surface area contributed by atoms with Crippen LogP contribution in [0.5, 0.6) is 5.75 Å². The number of rotatable bonds is 7. The van der Waals surface area contributed by atoms with Gasteiger partial charge in [-0.2, -0.15) is 8.78 Å². The molecular formula is C19H23F2N3O. The van der Waals surface area contributed by atoms with Crippen molar-refractivity contribution < 1.29 is 13.5 Å². The average Bonchev–Trinajstić information content (AvgIpc) is 2.56. The van der Waals surface area contributed by atoms with Gasteiger partial charge in [-0.15, -0.1) is 0 Å². The number of hydrogen-bond donors (Lipinski definition) is 1. The van der Waals surface area contributed by atoms with Crippen molar-refractivity contribution in [2.75, 3.05) is 18.9 Å². The summed E-state index contributed by atoms with van der Waals surface area (Å²) in [5.74, 6) is 0.123. The van der Waals surface area contributed by atoms with Crippen LogP contribution in [-0.4, -0.2) is 31.4 Å². The molecule has 25 heavy (non-hydrogen) atoms. The van der Waals surface area contributed by atoms with Gasteiger partial charge in [-0.3, -0.25) is 0 Å². The Bertz CT molecular complexity index is 747. The molecule has 0 radical (unpaired) electrons. The molecule has 6 heteroatoms. The molecule has 1 N–H and O–H groups in total. The van der Waals surface area contributed by atoms with Crippen molar-refractivity contribution in [2.24, 2.45) is 4.99 Å². The third kappa shape index (κ3) is 5.45. The van der Waals surface area contributed by atoms with E-state index in [1.807, 2.05) is 37.9 Å². The van der Waals surface area contributed by atoms with E-state index in [0.717, 1.165) is 29.0 Å². The molecule has 0 aromatic heterocycles. The van der Waals surface area contributed by atoms with Gasteiger partial charge in [0, 0.05) is 31.0 Å². The minimum absolute atomic E-state index is 0.123. The maximum atomic E-state index is 12.3. The third-order valence-corrected chi connectivity index (χ3v) is 3.77. The van der Waals surface area contributed by atoms with E-state index in [9.17, 15) is 8.78 Å². The third-order valence-electron chi connectivity index (χ3n) is 3.77. The first-order valence-corrected chi connectivity index (χ1v) is 8.06. The van der Waals surface area contributed by atoms with Crippen LogP contribution in [-0.2, 0) is 0 Å². The largest absolute Gasteiger partial charge is 0.435 e. The second-order valence-electron chi connectivity index (χ2n) is 5.80. The lowest BCUT2D eigenvalue weighted by Gasteiger charge is -2.14. The zero-order valence-electron chi connectivity index (χ0n) is 14.9. The number of hydrogen-bond acceptors (Lipinski definition) is 3. The van der Waals surface area contributed by atoms with Gasteiger partial charge in [-0.05, 0) is 56.2 Å². The first-order chi connectivity index (χ1) is 11.9. The van der Waals surface area contributed by atoms with Crippen molar-refractivity contribution in [1.29, 1.82) is 0 Å². The molecule has 0 unspecified atom stereocenters. The Labute approximate surface area is 147 Å². The second-order valence-corrected chi connectivity index (χ2v) is 5.80. The SMILES string of the molecule is CCN(C)C=Nc1cc(C)c(Nc2cccc(OC(F)F)c2)cc1C. The number of aryl methyl sites for hydroxylation is 2. The van der Waals surface area contributed by atoms with E-state index in [1.54, 1.807) is 24.5 Å². The number of alkyl halides is 2. The van der Waals surface area contributed by atoms with E-state index >= 15 is 0 Å². The van der Waals surface area contributed by atoms with Gasteiger partial charge < -0.3 is 15.0 Å². The molecule has 2 rings (SSSR count). The summed E-state index contributed by atoms with van der Waals surface area (Å²) in [4.78, 5) is 6.50. The Morgan fingerprint density at radius 3 is 2.64 bits per heavy atom. The minimum Gasteiger partial charge on any atom is -0.435 e. The van der Waals surface area contributed by atoms with E-state index in [2.05, 4.69) is 22.0 Å². The lowest BCUT2D eigenvalue weighted by atomic mass is 10.1. The summed E-state index contributed by atoms with van der Waals surface area (Å²) in [6.07, 6.45) is 1.81. The number of nitrogens with zero attached hydrogens (tertiary/aromatic N) is 2. The molecule has 0 spiro atoms. The van der Waals surface area contributed by atoms with Crippen LogP contribution in [0.4, 0.5) is 25.8 Å². The van der Waals surface area contributed by atoms with Crippen molar-refractivity contribution in [3.63, 3.8) is 0 Å². The molecule has 2 aromatic carbocycles. The molecular weight excluding hydrogens is 324 g/mol. The number of aliphatic imine (C=N–C) groups is 1. The number of ether oxygens (including phenoxy) is 1. The highest BCUT2D eigenvalue weighted by molar-refractivity contribution is 5.71. The summed E-state index contributed by atoms with van der Waals surface area (Å²) in [7, 11) is 1.97. The van der Waals surface area contributed by atoms with Gasteiger partial charge in [-0.25, -0.2) is 4.99 Å². The van der Waals surface area contributed by atoms with E-state index in [1.165, 1.54) is 6.07 Å². The summed E-state index contributed by atoms with van der Waals surface area (Å²) in [6.45, 7) is 4.07. The summed E-state index contributed by atoms with van der Waals surface area (Å²) in [5.41, 5.74) is 4.51. The average molecular weight is 347 g/mol. The van der Waals surface area contributed by atoms with Gasteiger partial charge >= 0.3 is 6.61 Å². The number of benzene rings is 2. The van der Waals surface area contributed by atoms with Gasteiger partial charge in [0.1, 0.15) is 5.75 Å². The summed E-state index contributed by atoms with van der Waals surface area (Å²) in [6, 6.07) is 10.5. The topological polar surface area (TPSA) is 36.9 Å². The van der Waals surface area contributed by atoms with Crippen molar-refractivity contribution in [2.45, 2.75) is 27.4 Å². The fraction of sp³-hybridized carbons (Fsp3) is 0.316. The molecule has 0 aliphatic heterocycles. The smallest absolute Gasteiger partial charge is 0.387 e. The Morgan fingerprint density at radius 1 is 1.20 bits per heavy atom. The highest BCUT2D eigenvalue weighted by atomic mass is 19.3. The molecule has 0 atom stereocenters. The lowest BCUT2D eigenvalue weighted by molar-refractivity contribution is -0.0497. The van der Waals surface area contributed by atoms with Crippen molar-refractivity contribution in [1.82, 2.24) is 4.90 Å². The number of anilines is 2. The molecule has 134 valence electrons. The fourth-order valence-corrected chi connectivity index (χ4v) is 2.22. The maximum Gasteiger partial charge on any atom is 0.387 e. The summed E-state index contributed by atoms with van der Waals surface area (Å²) in [5, 5.41) is 3.24. The number of nitrogens with one attached hydrogen (secondary N) is 1. The molecule has 0 saturated carbocycles. The zero-order valence-corrected chi connectivity index (χ0v) is 14.9. The van der Waals surface area contributed by atoms with Crippen LogP contribution >= 0.6 is 0 Å². The Balaban J connectivity index is 2.21. The van der Waals surface area contributed by atoms with Crippen LogP contribution in [0.1, 0.15) is 18.1 Å². The second kappa shape index (κ2) is 8.46.